The van der Waals surface area contributed by atoms with Crippen molar-refractivity contribution in [2.75, 3.05) is 0 Å². The van der Waals surface area contributed by atoms with E-state index < -0.39 is 0 Å². The predicted molar refractivity (Wildman–Crippen MR) is 81.3 cm³/mol. The van der Waals surface area contributed by atoms with E-state index in [4.69, 9.17) is 39.1 Å². The van der Waals surface area contributed by atoms with Gasteiger partial charge >= 0.3 is 0 Å². The monoisotopic (exact) mass is 309 g/mol. The van der Waals surface area contributed by atoms with Crippen LogP contribution in [-0.4, -0.2) is 10.8 Å². The van der Waals surface area contributed by atoms with Crippen LogP contribution in [0.2, 0.25) is 10.0 Å². The number of nitrogens with one attached hydrogen (secondary N) is 1. The van der Waals surface area contributed by atoms with Gasteiger partial charge in [0.05, 0.1) is 10.6 Å². The van der Waals surface area contributed by atoms with E-state index >= 15 is 0 Å². The second-order valence-corrected chi connectivity index (χ2v) is 5.11. The van der Waals surface area contributed by atoms with E-state index in [0.29, 0.717) is 21.4 Å². The molecule has 0 saturated carbocycles. The number of benzene rings is 1. The van der Waals surface area contributed by atoms with Crippen LogP contribution in [-0.2, 0) is 0 Å². The minimum atomic E-state index is -0.108. The molecule has 0 unspecified atom stereocenters. The average molecular weight is 310 g/mol. The van der Waals surface area contributed by atoms with Gasteiger partial charge < -0.3 is 10.5 Å². The SMILES string of the molecule is Cc1cc(C)c(C(=N)N)c(Oc2cccc(Cl)c2Cl)n1. The smallest absolute Gasteiger partial charge is 0.230 e. The molecule has 0 aliphatic rings. The molecule has 6 heteroatoms. The van der Waals surface area contributed by atoms with Crippen molar-refractivity contribution < 1.29 is 4.74 Å². The van der Waals surface area contributed by atoms with Gasteiger partial charge in [-0.2, -0.15) is 0 Å². The minimum Gasteiger partial charge on any atom is -0.437 e. The zero-order chi connectivity index (χ0) is 14.9. The first-order chi connectivity index (χ1) is 9.40. The summed E-state index contributed by atoms with van der Waals surface area (Å²) in [6.45, 7) is 3.68. The van der Waals surface area contributed by atoms with Gasteiger partial charge in [0.1, 0.15) is 16.6 Å². The molecular formula is C14H13Cl2N3O. The van der Waals surface area contributed by atoms with E-state index in [1.54, 1.807) is 18.2 Å². The summed E-state index contributed by atoms with van der Waals surface area (Å²) in [5.41, 5.74) is 7.62. The Balaban J connectivity index is 2.53. The van der Waals surface area contributed by atoms with Gasteiger partial charge in [0, 0.05) is 5.69 Å². The van der Waals surface area contributed by atoms with Gasteiger partial charge in [-0.1, -0.05) is 29.3 Å². The summed E-state index contributed by atoms with van der Waals surface area (Å²) in [6.07, 6.45) is 0. The van der Waals surface area contributed by atoms with Crippen molar-refractivity contribution in [3.05, 3.63) is 51.1 Å². The van der Waals surface area contributed by atoms with E-state index in [1.165, 1.54) is 0 Å². The van der Waals surface area contributed by atoms with Gasteiger partial charge in [0.2, 0.25) is 5.88 Å². The number of rotatable bonds is 3. The summed E-state index contributed by atoms with van der Waals surface area (Å²) in [6, 6.07) is 6.90. The van der Waals surface area contributed by atoms with Crippen LogP contribution in [0, 0.1) is 19.3 Å². The molecule has 1 aromatic carbocycles. The van der Waals surface area contributed by atoms with Crippen LogP contribution < -0.4 is 10.5 Å². The lowest BCUT2D eigenvalue weighted by atomic mass is 10.1. The summed E-state index contributed by atoms with van der Waals surface area (Å²) < 4.78 is 5.70. The van der Waals surface area contributed by atoms with Crippen LogP contribution in [0.4, 0.5) is 0 Å². The Morgan fingerprint density at radius 2 is 2.00 bits per heavy atom. The quantitative estimate of drug-likeness (QED) is 0.662. The fourth-order valence-electron chi connectivity index (χ4n) is 1.87. The van der Waals surface area contributed by atoms with Gasteiger partial charge in [-0.25, -0.2) is 4.98 Å². The maximum Gasteiger partial charge on any atom is 0.230 e. The van der Waals surface area contributed by atoms with Crippen LogP contribution in [0.25, 0.3) is 0 Å². The summed E-state index contributed by atoms with van der Waals surface area (Å²) in [7, 11) is 0. The fourth-order valence-corrected chi connectivity index (χ4v) is 2.20. The largest absolute Gasteiger partial charge is 0.437 e. The lowest BCUT2D eigenvalue weighted by Gasteiger charge is -2.13. The Morgan fingerprint density at radius 1 is 1.30 bits per heavy atom. The van der Waals surface area contributed by atoms with Crippen molar-refractivity contribution in [1.82, 2.24) is 4.98 Å². The van der Waals surface area contributed by atoms with Gasteiger partial charge in [-0.05, 0) is 37.6 Å². The van der Waals surface area contributed by atoms with Crippen LogP contribution in [0.5, 0.6) is 11.6 Å². The third kappa shape index (κ3) is 2.86. The molecule has 2 rings (SSSR count). The number of halogens is 2. The molecule has 20 heavy (non-hydrogen) atoms. The molecule has 1 heterocycles. The van der Waals surface area contributed by atoms with Crippen molar-refractivity contribution in [2.45, 2.75) is 13.8 Å². The van der Waals surface area contributed by atoms with Crippen molar-refractivity contribution >= 4 is 29.0 Å². The number of aromatic nitrogens is 1. The lowest BCUT2D eigenvalue weighted by molar-refractivity contribution is 0.460. The maximum atomic E-state index is 7.65. The second kappa shape index (κ2) is 5.69. The highest BCUT2D eigenvalue weighted by Gasteiger charge is 2.15. The Kier molecular flexibility index (Phi) is 4.16. The van der Waals surface area contributed by atoms with Crippen molar-refractivity contribution in [1.29, 1.82) is 5.41 Å². The highest BCUT2D eigenvalue weighted by Crippen LogP contribution is 2.35. The summed E-state index contributed by atoms with van der Waals surface area (Å²) >= 11 is 12.0. The third-order valence-corrected chi connectivity index (χ3v) is 3.51. The number of nitrogen functional groups attached to an aromatic ring is 1. The first-order valence-electron chi connectivity index (χ1n) is 5.84. The molecule has 3 N–H and O–H groups in total. The Bertz CT molecular complexity index is 686. The third-order valence-electron chi connectivity index (χ3n) is 2.70. The number of nitrogens with two attached hydrogens (primary N) is 1. The zero-order valence-corrected chi connectivity index (χ0v) is 12.5. The van der Waals surface area contributed by atoms with Crippen LogP contribution in [0.1, 0.15) is 16.8 Å². The molecule has 104 valence electrons. The molecule has 0 radical (unpaired) electrons. The topological polar surface area (TPSA) is 72.0 Å². The molecule has 2 aromatic rings. The summed E-state index contributed by atoms with van der Waals surface area (Å²) in [5, 5.41) is 8.33. The minimum absolute atomic E-state index is 0.108. The highest BCUT2D eigenvalue weighted by molar-refractivity contribution is 6.42. The molecule has 0 fully saturated rings. The number of hydrogen-bond acceptors (Lipinski definition) is 3. The predicted octanol–water partition coefficient (Wildman–Crippen LogP) is 4.08. The van der Waals surface area contributed by atoms with Gasteiger partial charge in [-0.3, -0.25) is 5.41 Å². The number of nitrogens with zero attached hydrogens (tertiary/aromatic N) is 1. The van der Waals surface area contributed by atoms with Crippen LogP contribution in [0.3, 0.4) is 0 Å². The van der Waals surface area contributed by atoms with E-state index in [9.17, 15) is 0 Å². The number of ether oxygens (including phenoxy) is 1. The molecule has 0 aliphatic carbocycles. The molecular weight excluding hydrogens is 297 g/mol. The normalized spacial score (nSPS) is 10.4. The van der Waals surface area contributed by atoms with Crippen molar-refractivity contribution in [3.8, 4) is 11.6 Å². The molecule has 0 aliphatic heterocycles. The van der Waals surface area contributed by atoms with Gasteiger partial charge in [0.25, 0.3) is 0 Å². The van der Waals surface area contributed by atoms with Gasteiger partial charge in [-0.15, -0.1) is 0 Å². The standard InChI is InChI=1S/C14H13Cl2N3O/c1-7-6-8(2)19-14(11(7)13(17)18)20-10-5-3-4-9(15)12(10)16/h3-6H,1-2H3,(H3,17,18). The van der Waals surface area contributed by atoms with Crippen molar-refractivity contribution in [2.24, 2.45) is 5.73 Å². The Hall–Kier alpha value is -1.78. The summed E-state index contributed by atoms with van der Waals surface area (Å²) in [4.78, 5) is 4.28. The fraction of sp³-hybridized carbons (Fsp3) is 0.143. The van der Waals surface area contributed by atoms with E-state index in [-0.39, 0.29) is 11.7 Å². The number of amidine groups is 1. The molecule has 0 bridgehead atoms. The molecule has 0 saturated heterocycles. The first kappa shape index (κ1) is 14.6. The van der Waals surface area contributed by atoms with Crippen molar-refractivity contribution in [3.63, 3.8) is 0 Å². The second-order valence-electron chi connectivity index (χ2n) is 4.33. The van der Waals surface area contributed by atoms with Crippen LogP contribution in [0.15, 0.2) is 24.3 Å². The average Bonchev–Trinajstić information content (AvgIpc) is 2.33. The van der Waals surface area contributed by atoms with E-state index in [2.05, 4.69) is 4.98 Å². The maximum absolute atomic E-state index is 7.65. The first-order valence-corrected chi connectivity index (χ1v) is 6.60. The molecule has 0 spiro atoms. The van der Waals surface area contributed by atoms with Crippen LogP contribution >= 0.6 is 23.2 Å². The number of hydrogen-bond donors (Lipinski definition) is 2. The lowest BCUT2D eigenvalue weighted by Crippen LogP contribution is -2.15. The van der Waals surface area contributed by atoms with E-state index in [0.717, 1.165) is 11.3 Å². The number of pyridine rings is 1. The number of aryl methyl sites for hydroxylation is 2. The van der Waals surface area contributed by atoms with E-state index in [1.807, 2.05) is 19.9 Å². The van der Waals surface area contributed by atoms with Gasteiger partial charge in [0.15, 0.2) is 0 Å². The summed E-state index contributed by atoms with van der Waals surface area (Å²) in [5.74, 6) is 0.515. The zero-order valence-electron chi connectivity index (χ0n) is 11.0. The molecule has 4 nitrogen and oxygen atoms in total. The molecule has 0 amide bonds. The highest BCUT2D eigenvalue weighted by atomic mass is 35.5. The Labute approximate surface area is 127 Å². The molecule has 0 atom stereocenters. The molecule has 1 aromatic heterocycles. The Morgan fingerprint density at radius 3 is 2.65 bits per heavy atom.